The van der Waals surface area contributed by atoms with Crippen molar-refractivity contribution in [2.45, 2.75) is 19.4 Å². The summed E-state index contributed by atoms with van der Waals surface area (Å²) in [6.45, 7) is 3.16. The average Bonchev–Trinajstić information content (AvgIpc) is 2.59. The summed E-state index contributed by atoms with van der Waals surface area (Å²) >= 11 is 5.97. The van der Waals surface area contributed by atoms with Gasteiger partial charge in [0.05, 0.1) is 6.54 Å². The fourth-order valence-electron chi connectivity index (χ4n) is 2.08. The molecule has 0 bridgehead atoms. The van der Waals surface area contributed by atoms with Crippen LogP contribution in [-0.2, 0) is 10.3 Å². The lowest BCUT2D eigenvalue weighted by Gasteiger charge is -2.23. The first-order chi connectivity index (χ1) is 9.40. The number of benzene rings is 1. The van der Waals surface area contributed by atoms with E-state index >= 15 is 0 Å². The molecular weight excluding hydrogens is 283 g/mol. The number of carbonyl (C=O) groups excluding carboxylic acids is 2. The molecule has 1 aliphatic heterocycles. The molecular formula is C14H12ClFN2O2. The Kier molecular flexibility index (Phi) is 3.69. The molecule has 1 aromatic rings. The number of nitrogens with zero attached hydrogens (tertiary/aromatic N) is 1. The Hall–Kier alpha value is -2.06. The largest absolute Gasteiger partial charge is 0.326 e. The summed E-state index contributed by atoms with van der Waals surface area (Å²) in [7, 11) is 0. The maximum atomic E-state index is 13.1. The first-order valence-corrected chi connectivity index (χ1v) is 6.27. The topological polar surface area (TPSA) is 49.4 Å². The lowest BCUT2D eigenvalue weighted by Crippen LogP contribution is -2.41. The van der Waals surface area contributed by atoms with Crippen LogP contribution >= 0.6 is 11.6 Å². The summed E-state index contributed by atoms with van der Waals surface area (Å²) in [5, 5.41) is 2.67. The monoisotopic (exact) mass is 294 g/mol. The van der Waals surface area contributed by atoms with Crippen molar-refractivity contribution in [3.05, 3.63) is 34.6 Å². The summed E-state index contributed by atoms with van der Waals surface area (Å²) in [4.78, 5) is 25.3. The van der Waals surface area contributed by atoms with E-state index in [1.165, 1.54) is 19.1 Å². The molecule has 3 amide bonds. The van der Waals surface area contributed by atoms with E-state index in [1.807, 2.05) is 0 Å². The van der Waals surface area contributed by atoms with Crippen LogP contribution < -0.4 is 5.32 Å². The molecule has 1 atom stereocenters. The molecule has 20 heavy (non-hydrogen) atoms. The van der Waals surface area contributed by atoms with Gasteiger partial charge in [-0.15, -0.1) is 5.92 Å². The van der Waals surface area contributed by atoms with Crippen molar-refractivity contribution in [1.29, 1.82) is 0 Å². The fourth-order valence-corrected chi connectivity index (χ4v) is 2.43. The number of hydrogen-bond donors (Lipinski definition) is 1. The van der Waals surface area contributed by atoms with Crippen LogP contribution in [-0.4, -0.2) is 23.4 Å². The highest BCUT2D eigenvalue weighted by atomic mass is 35.5. The zero-order valence-electron chi connectivity index (χ0n) is 11.0. The zero-order valence-corrected chi connectivity index (χ0v) is 11.7. The number of hydrogen-bond acceptors (Lipinski definition) is 2. The predicted molar refractivity (Wildman–Crippen MR) is 72.5 cm³/mol. The van der Waals surface area contributed by atoms with Crippen molar-refractivity contribution in [3.63, 3.8) is 0 Å². The summed E-state index contributed by atoms with van der Waals surface area (Å²) in [5.74, 6) is 4.32. The van der Waals surface area contributed by atoms with Gasteiger partial charge in [-0.3, -0.25) is 9.69 Å². The highest BCUT2D eigenvalue weighted by Gasteiger charge is 2.49. The second kappa shape index (κ2) is 5.14. The number of halogens is 2. The first-order valence-electron chi connectivity index (χ1n) is 5.89. The van der Waals surface area contributed by atoms with E-state index in [-0.39, 0.29) is 11.6 Å². The third-order valence-electron chi connectivity index (χ3n) is 3.16. The molecule has 1 unspecified atom stereocenters. The van der Waals surface area contributed by atoms with Crippen LogP contribution in [0.2, 0.25) is 5.02 Å². The third kappa shape index (κ3) is 2.23. The van der Waals surface area contributed by atoms with E-state index in [1.54, 1.807) is 6.92 Å². The normalized spacial score (nSPS) is 21.5. The van der Waals surface area contributed by atoms with Gasteiger partial charge >= 0.3 is 6.03 Å². The molecule has 1 heterocycles. The molecule has 1 aliphatic rings. The molecule has 1 aromatic carbocycles. The molecule has 0 aromatic heterocycles. The highest BCUT2D eigenvalue weighted by Crippen LogP contribution is 2.33. The van der Waals surface area contributed by atoms with Gasteiger partial charge in [-0.1, -0.05) is 23.6 Å². The van der Waals surface area contributed by atoms with Crippen LogP contribution in [0.4, 0.5) is 9.18 Å². The maximum Gasteiger partial charge on any atom is 0.326 e. The predicted octanol–water partition coefficient (Wildman–Crippen LogP) is 2.27. The average molecular weight is 295 g/mol. The van der Waals surface area contributed by atoms with Crippen molar-refractivity contribution >= 4 is 23.5 Å². The van der Waals surface area contributed by atoms with Crippen LogP contribution in [0.3, 0.4) is 0 Å². The minimum absolute atomic E-state index is 0.00949. The van der Waals surface area contributed by atoms with Gasteiger partial charge < -0.3 is 5.32 Å². The second-order valence-corrected chi connectivity index (χ2v) is 4.90. The van der Waals surface area contributed by atoms with E-state index in [0.29, 0.717) is 5.56 Å². The molecule has 2 rings (SSSR count). The quantitative estimate of drug-likeness (QED) is 0.672. The summed E-state index contributed by atoms with van der Waals surface area (Å²) < 4.78 is 13.1. The van der Waals surface area contributed by atoms with E-state index in [0.717, 1.165) is 11.0 Å². The molecule has 1 saturated heterocycles. The summed E-state index contributed by atoms with van der Waals surface area (Å²) in [5.41, 5.74) is -0.956. The van der Waals surface area contributed by atoms with Crippen LogP contribution in [0.15, 0.2) is 18.2 Å². The maximum absolute atomic E-state index is 13.1. The van der Waals surface area contributed by atoms with E-state index < -0.39 is 23.3 Å². The summed E-state index contributed by atoms with van der Waals surface area (Å²) in [6, 6.07) is 3.15. The lowest BCUT2D eigenvalue weighted by molar-refractivity contribution is -0.130. The smallest absolute Gasteiger partial charge is 0.319 e. The molecule has 4 nitrogen and oxygen atoms in total. The van der Waals surface area contributed by atoms with Crippen molar-refractivity contribution in [2.75, 3.05) is 6.54 Å². The minimum atomic E-state index is -1.31. The Morgan fingerprint density at radius 3 is 2.75 bits per heavy atom. The van der Waals surface area contributed by atoms with Crippen molar-refractivity contribution in [1.82, 2.24) is 10.2 Å². The number of nitrogens with one attached hydrogen (secondary N) is 1. The number of amides is 3. The van der Waals surface area contributed by atoms with Crippen LogP contribution in [0.25, 0.3) is 0 Å². The number of urea groups is 1. The molecule has 0 aliphatic carbocycles. The highest BCUT2D eigenvalue weighted by molar-refractivity contribution is 6.32. The number of carbonyl (C=O) groups is 2. The van der Waals surface area contributed by atoms with Gasteiger partial charge in [-0.05, 0) is 26.0 Å². The van der Waals surface area contributed by atoms with Gasteiger partial charge in [0.25, 0.3) is 5.91 Å². The third-order valence-corrected chi connectivity index (χ3v) is 3.47. The van der Waals surface area contributed by atoms with Gasteiger partial charge in [0, 0.05) is 10.6 Å². The second-order valence-electron chi connectivity index (χ2n) is 4.50. The van der Waals surface area contributed by atoms with Gasteiger partial charge in [-0.2, -0.15) is 0 Å². The molecule has 104 valence electrons. The molecule has 1 fully saturated rings. The Labute approximate surface area is 120 Å². The van der Waals surface area contributed by atoms with Crippen molar-refractivity contribution < 1.29 is 14.0 Å². The van der Waals surface area contributed by atoms with Crippen molar-refractivity contribution in [3.8, 4) is 11.8 Å². The van der Waals surface area contributed by atoms with Gasteiger partial charge in [-0.25, -0.2) is 9.18 Å². The van der Waals surface area contributed by atoms with E-state index in [2.05, 4.69) is 17.2 Å². The molecule has 1 N–H and O–H groups in total. The van der Waals surface area contributed by atoms with Gasteiger partial charge in [0.1, 0.15) is 11.4 Å². The Balaban J connectivity index is 2.42. The Morgan fingerprint density at radius 1 is 1.45 bits per heavy atom. The van der Waals surface area contributed by atoms with Crippen LogP contribution in [0.5, 0.6) is 0 Å². The SMILES string of the molecule is CC#CCN1C(=O)NC(C)(c2ccc(F)cc2Cl)C1=O. The Bertz CT molecular complexity index is 650. The Morgan fingerprint density at radius 2 is 2.15 bits per heavy atom. The number of rotatable bonds is 2. The number of imide groups is 1. The molecule has 0 spiro atoms. The van der Waals surface area contributed by atoms with E-state index in [9.17, 15) is 14.0 Å². The van der Waals surface area contributed by atoms with Gasteiger partial charge in [0.2, 0.25) is 0 Å². The standard InChI is InChI=1S/C14H12ClFN2O2/c1-3-4-7-18-12(19)14(2,17-13(18)20)10-6-5-9(16)8-11(10)15/h5-6,8H,7H2,1-2H3,(H,17,20). The van der Waals surface area contributed by atoms with E-state index in [4.69, 9.17) is 11.6 Å². The first kappa shape index (κ1) is 14.4. The molecule has 0 saturated carbocycles. The molecule has 0 radical (unpaired) electrons. The van der Waals surface area contributed by atoms with Crippen molar-refractivity contribution in [2.24, 2.45) is 0 Å². The molecule has 6 heteroatoms. The van der Waals surface area contributed by atoms with Gasteiger partial charge in [0.15, 0.2) is 0 Å². The van der Waals surface area contributed by atoms with Crippen LogP contribution in [0.1, 0.15) is 19.4 Å². The summed E-state index contributed by atoms with van der Waals surface area (Å²) in [6.07, 6.45) is 0. The zero-order chi connectivity index (χ0) is 14.9. The minimum Gasteiger partial charge on any atom is -0.319 e. The van der Waals surface area contributed by atoms with Crippen LogP contribution in [0, 0.1) is 17.7 Å². The lowest BCUT2D eigenvalue weighted by atomic mass is 9.92. The fraction of sp³-hybridized carbons (Fsp3) is 0.286.